The maximum atomic E-state index is 12.5. The summed E-state index contributed by atoms with van der Waals surface area (Å²) in [4.78, 5) is 0. The van der Waals surface area contributed by atoms with E-state index in [2.05, 4.69) is 0 Å². The molecule has 5 heteroatoms. The lowest BCUT2D eigenvalue weighted by atomic mass is 9.73. The maximum Gasteiger partial charge on any atom is 0.417 e. The first-order valence-corrected chi connectivity index (χ1v) is 5.73. The van der Waals surface area contributed by atoms with Gasteiger partial charge in [0, 0.05) is 5.41 Å². The molecule has 0 amide bonds. The minimum Gasteiger partial charge on any atom is -0.380 e. The normalized spacial score (nSPS) is 18.0. The molecule has 1 atom stereocenters. The van der Waals surface area contributed by atoms with E-state index in [1.165, 1.54) is 25.6 Å². The van der Waals surface area contributed by atoms with E-state index in [1.807, 2.05) is 6.26 Å². The van der Waals surface area contributed by atoms with E-state index in [-0.39, 0.29) is 0 Å². The molecule has 0 saturated carbocycles. The Hall–Kier alpha value is 0.100. The summed E-state index contributed by atoms with van der Waals surface area (Å²) in [6.07, 6.45) is -2.41. The molecule has 14 heavy (non-hydrogen) atoms. The molecule has 1 unspecified atom stereocenters. The molecule has 0 spiro atoms. The number of hydrogen-bond donors (Lipinski definition) is 1. The molecule has 0 aliphatic carbocycles. The van der Waals surface area contributed by atoms with Crippen LogP contribution in [0.15, 0.2) is 0 Å². The molecular weight excluding hydrogens is 213 g/mol. The molecule has 0 bridgehead atoms. The molecule has 0 aromatic heterocycles. The Kier molecular flexibility index (Phi) is 4.34. The van der Waals surface area contributed by atoms with Crippen LogP contribution in [0, 0.1) is 5.41 Å². The van der Waals surface area contributed by atoms with Crippen LogP contribution in [0.3, 0.4) is 0 Å². The molecule has 0 radical (unpaired) electrons. The molecule has 0 aliphatic rings. The van der Waals surface area contributed by atoms with E-state index in [4.69, 9.17) is 0 Å². The van der Waals surface area contributed by atoms with Crippen LogP contribution in [-0.2, 0) is 0 Å². The molecular formula is C9H17F3OS. The van der Waals surface area contributed by atoms with Gasteiger partial charge < -0.3 is 5.11 Å². The van der Waals surface area contributed by atoms with E-state index < -0.39 is 17.2 Å². The largest absolute Gasteiger partial charge is 0.417 e. The van der Waals surface area contributed by atoms with Crippen LogP contribution in [0.1, 0.15) is 27.2 Å². The standard InChI is InChI=1S/C9H17F3OS/c1-7(2,5-6-14-4)8(3,13)9(10,11)12/h13H,5-6H2,1-4H3. The first-order valence-electron chi connectivity index (χ1n) is 4.34. The number of aliphatic hydroxyl groups is 1. The van der Waals surface area contributed by atoms with Gasteiger partial charge in [0.2, 0.25) is 0 Å². The number of thioether (sulfide) groups is 1. The Morgan fingerprint density at radius 1 is 1.14 bits per heavy atom. The zero-order valence-corrected chi connectivity index (χ0v) is 9.72. The topological polar surface area (TPSA) is 20.2 Å². The summed E-state index contributed by atoms with van der Waals surface area (Å²) in [6, 6.07) is 0. The fourth-order valence-electron chi connectivity index (χ4n) is 0.984. The molecule has 86 valence electrons. The molecule has 0 rings (SSSR count). The van der Waals surface area contributed by atoms with Crippen molar-refractivity contribution in [2.75, 3.05) is 12.0 Å². The van der Waals surface area contributed by atoms with Crippen LogP contribution < -0.4 is 0 Å². The molecule has 0 aromatic carbocycles. The summed E-state index contributed by atoms with van der Waals surface area (Å²) in [6.45, 7) is 3.72. The van der Waals surface area contributed by atoms with E-state index in [0.717, 1.165) is 6.92 Å². The minimum atomic E-state index is -4.57. The van der Waals surface area contributed by atoms with Crippen molar-refractivity contribution in [2.45, 2.75) is 39.0 Å². The Morgan fingerprint density at radius 3 is 1.86 bits per heavy atom. The van der Waals surface area contributed by atoms with E-state index in [1.54, 1.807) is 0 Å². The average molecular weight is 230 g/mol. The fraction of sp³-hybridized carbons (Fsp3) is 1.00. The van der Waals surface area contributed by atoms with Crippen LogP contribution in [-0.4, -0.2) is 28.9 Å². The van der Waals surface area contributed by atoms with Crippen molar-refractivity contribution in [1.82, 2.24) is 0 Å². The Morgan fingerprint density at radius 2 is 1.57 bits per heavy atom. The highest BCUT2D eigenvalue weighted by atomic mass is 32.2. The monoisotopic (exact) mass is 230 g/mol. The Bertz CT molecular complexity index is 187. The smallest absolute Gasteiger partial charge is 0.380 e. The van der Waals surface area contributed by atoms with E-state index in [9.17, 15) is 18.3 Å². The van der Waals surface area contributed by atoms with Crippen LogP contribution in [0.5, 0.6) is 0 Å². The van der Waals surface area contributed by atoms with Crippen molar-refractivity contribution in [1.29, 1.82) is 0 Å². The van der Waals surface area contributed by atoms with E-state index in [0.29, 0.717) is 12.2 Å². The summed E-state index contributed by atoms with van der Waals surface area (Å²) in [7, 11) is 0. The third-order valence-electron chi connectivity index (χ3n) is 2.80. The quantitative estimate of drug-likeness (QED) is 0.801. The predicted molar refractivity (Wildman–Crippen MR) is 53.5 cm³/mol. The first kappa shape index (κ1) is 14.1. The SMILES string of the molecule is CSCCC(C)(C)C(C)(O)C(F)(F)F. The second-order valence-electron chi connectivity index (χ2n) is 4.20. The molecule has 0 heterocycles. The molecule has 1 nitrogen and oxygen atoms in total. The molecule has 0 aromatic rings. The highest BCUT2D eigenvalue weighted by molar-refractivity contribution is 7.98. The van der Waals surface area contributed by atoms with Gasteiger partial charge in [-0.2, -0.15) is 24.9 Å². The van der Waals surface area contributed by atoms with Crippen molar-refractivity contribution in [3.8, 4) is 0 Å². The van der Waals surface area contributed by atoms with Gasteiger partial charge in [0.15, 0.2) is 5.60 Å². The minimum absolute atomic E-state index is 0.334. The lowest BCUT2D eigenvalue weighted by Gasteiger charge is -2.41. The molecule has 1 N–H and O–H groups in total. The predicted octanol–water partition coefficient (Wildman–Crippen LogP) is 3.08. The van der Waals surface area contributed by atoms with E-state index >= 15 is 0 Å². The number of hydrogen-bond acceptors (Lipinski definition) is 2. The maximum absolute atomic E-state index is 12.5. The van der Waals surface area contributed by atoms with Gasteiger partial charge in [0.1, 0.15) is 0 Å². The van der Waals surface area contributed by atoms with Gasteiger partial charge in [-0.05, 0) is 25.4 Å². The van der Waals surface area contributed by atoms with Crippen molar-refractivity contribution in [3.05, 3.63) is 0 Å². The number of alkyl halides is 3. The zero-order chi connectivity index (χ0) is 11.6. The van der Waals surface area contributed by atoms with Gasteiger partial charge in [-0.25, -0.2) is 0 Å². The molecule has 0 saturated heterocycles. The van der Waals surface area contributed by atoms with Crippen molar-refractivity contribution in [3.63, 3.8) is 0 Å². The second-order valence-corrected chi connectivity index (χ2v) is 5.18. The first-order chi connectivity index (χ1) is 6.06. The van der Waals surface area contributed by atoms with Gasteiger partial charge >= 0.3 is 6.18 Å². The molecule has 0 fully saturated rings. The summed E-state index contributed by atoms with van der Waals surface area (Å²) in [5.41, 5.74) is -3.79. The highest BCUT2D eigenvalue weighted by Crippen LogP contribution is 2.45. The lowest BCUT2D eigenvalue weighted by molar-refractivity contribution is -0.289. The summed E-state index contributed by atoms with van der Waals surface area (Å²) >= 11 is 1.48. The summed E-state index contributed by atoms with van der Waals surface area (Å²) < 4.78 is 37.5. The fourth-order valence-corrected chi connectivity index (χ4v) is 1.70. The van der Waals surface area contributed by atoms with Gasteiger partial charge in [0.05, 0.1) is 0 Å². The van der Waals surface area contributed by atoms with Crippen LogP contribution in [0.2, 0.25) is 0 Å². The summed E-state index contributed by atoms with van der Waals surface area (Å²) in [5.74, 6) is 0.610. The number of halogens is 3. The van der Waals surface area contributed by atoms with Gasteiger partial charge in [-0.1, -0.05) is 13.8 Å². The van der Waals surface area contributed by atoms with Crippen molar-refractivity contribution in [2.24, 2.45) is 5.41 Å². The third-order valence-corrected chi connectivity index (χ3v) is 3.41. The van der Waals surface area contributed by atoms with Gasteiger partial charge in [-0.3, -0.25) is 0 Å². The van der Waals surface area contributed by atoms with Gasteiger partial charge in [-0.15, -0.1) is 0 Å². The van der Waals surface area contributed by atoms with Gasteiger partial charge in [0.25, 0.3) is 0 Å². The average Bonchev–Trinajstić information content (AvgIpc) is 1.98. The van der Waals surface area contributed by atoms with Crippen molar-refractivity contribution >= 4 is 11.8 Å². The summed E-state index contributed by atoms with van der Waals surface area (Å²) in [5, 5.41) is 9.47. The Balaban J connectivity index is 4.69. The third kappa shape index (κ3) is 2.79. The van der Waals surface area contributed by atoms with Crippen LogP contribution in [0.25, 0.3) is 0 Å². The number of rotatable bonds is 4. The van der Waals surface area contributed by atoms with Crippen LogP contribution in [0.4, 0.5) is 13.2 Å². The van der Waals surface area contributed by atoms with Crippen molar-refractivity contribution < 1.29 is 18.3 Å². The zero-order valence-electron chi connectivity index (χ0n) is 8.90. The Labute approximate surface area is 87.1 Å². The highest BCUT2D eigenvalue weighted by Gasteiger charge is 2.58. The molecule has 0 aliphatic heterocycles. The lowest BCUT2D eigenvalue weighted by Crippen LogP contribution is -2.53. The second kappa shape index (κ2) is 4.31. The van der Waals surface area contributed by atoms with Crippen LogP contribution >= 0.6 is 11.8 Å².